The van der Waals surface area contributed by atoms with E-state index in [9.17, 15) is 0 Å². The molecule has 0 amide bonds. The van der Waals surface area contributed by atoms with E-state index in [0.29, 0.717) is 11.8 Å². The predicted octanol–water partition coefficient (Wildman–Crippen LogP) is 3.52. The lowest BCUT2D eigenvalue weighted by Crippen LogP contribution is -2.18. The SMILES string of the molecule is CC(C)CNCc1cnn(CC2CSc3ccccc32)c1. The number of aromatic nitrogens is 2. The van der Waals surface area contributed by atoms with Gasteiger partial charge >= 0.3 is 0 Å². The molecule has 2 aromatic rings. The Morgan fingerprint density at radius 2 is 2.24 bits per heavy atom. The second-order valence-corrected chi connectivity index (χ2v) is 7.20. The Balaban J connectivity index is 1.58. The van der Waals surface area contributed by atoms with Gasteiger partial charge in [0.05, 0.1) is 6.20 Å². The van der Waals surface area contributed by atoms with Crippen LogP contribution in [0.3, 0.4) is 0 Å². The van der Waals surface area contributed by atoms with Crippen LogP contribution < -0.4 is 5.32 Å². The minimum atomic E-state index is 0.586. The van der Waals surface area contributed by atoms with Gasteiger partial charge < -0.3 is 5.32 Å². The minimum Gasteiger partial charge on any atom is -0.312 e. The Morgan fingerprint density at radius 1 is 1.38 bits per heavy atom. The monoisotopic (exact) mass is 301 g/mol. The van der Waals surface area contributed by atoms with Crippen LogP contribution in [0.1, 0.15) is 30.9 Å². The van der Waals surface area contributed by atoms with E-state index in [1.54, 1.807) is 0 Å². The fourth-order valence-corrected chi connectivity index (χ4v) is 3.95. The zero-order valence-corrected chi connectivity index (χ0v) is 13.6. The second kappa shape index (κ2) is 6.67. The first kappa shape index (κ1) is 14.7. The largest absolute Gasteiger partial charge is 0.312 e. The van der Waals surface area contributed by atoms with Gasteiger partial charge in [0, 0.05) is 41.4 Å². The molecular formula is C17H23N3S. The fourth-order valence-electron chi connectivity index (χ4n) is 2.71. The van der Waals surface area contributed by atoms with Crippen molar-refractivity contribution in [3.05, 3.63) is 47.8 Å². The van der Waals surface area contributed by atoms with Gasteiger partial charge in [0.1, 0.15) is 0 Å². The number of hydrogen-bond acceptors (Lipinski definition) is 3. The van der Waals surface area contributed by atoms with Crippen LogP contribution in [0.2, 0.25) is 0 Å². The van der Waals surface area contributed by atoms with Gasteiger partial charge in [0.25, 0.3) is 0 Å². The summed E-state index contributed by atoms with van der Waals surface area (Å²) in [6.45, 7) is 7.40. The van der Waals surface area contributed by atoms with Crippen LogP contribution in [0.15, 0.2) is 41.6 Å². The highest BCUT2D eigenvalue weighted by atomic mass is 32.2. The maximum Gasteiger partial charge on any atom is 0.0534 e. The van der Waals surface area contributed by atoms with Crippen LogP contribution >= 0.6 is 11.8 Å². The average molecular weight is 301 g/mol. The minimum absolute atomic E-state index is 0.586. The number of nitrogens with one attached hydrogen (secondary N) is 1. The summed E-state index contributed by atoms with van der Waals surface area (Å²) in [5.41, 5.74) is 2.76. The van der Waals surface area contributed by atoms with Crippen molar-refractivity contribution in [3.63, 3.8) is 0 Å². The van der Waals surface area contributed by atoms with Gasteiger partial charge in [-0.25, -0.2) is 0 Å². The molecule has 1 aromatic heterocycles. The third-order valence-corrected chi connectivity index (χ3v) is 5.03. The molecule has 3 nitrogen and oxygen atoms in total. The van der Waals surface area contributed by atoms with Crippen LogP contribution in [-0.2, 0) is 13.1 Å². The number of benzene rings is 1. The van der Waals surface area contributed by atoms with E-state index in [0.717, 1.165) is 19.6 Å². The molecule has 3 rings (SSSR count). The first-order valence-corrected chi connectivity index (χ1v) is 8.64. The number of thioether (sulfide) groups is 1. The van der Waals surface area contributed by atoms with Crippen LogP contribution in [0, 0.1) is 5.92 Å². The molecule has 0 fully saturated rings. The van der Waals surface area contributed by atoms with E-state index in [4.69, 9.17) is 0 Å². The molecule has 2 heterocycles. The van der Waals surface area contributed by atoms with Gasteiger partial charge in [-0.05, 0) is 24.1 Å². The van der Waals surface area contributed by atoms with E-state index in [-0.39, 0.29) is 0 Å². The van der Waals surface area contributed by atoms with E-state index in [1.807, 2.05) is 18.0 Å². The van der Waals surface area contributed by atoms with Crippen molar-refractivity contribution in [2.45, 2.75) is 37.8 Å². The molecule has 0 aliphatic carbocycles. The third-order valence-electron chi connectivity index (χ3n) is 3.77. The summed E-state index contributed by atoms with van der Waals surface area (Å²) in [5.74, 6) is 2.44. The Bertz CT molecular complexity index is 591. The third kappa shape index (κ3) is 3.69. The fraction of sp³-hybridized carbons (Fsp3) is 0.471. The summed E-state index contributed by atoms with van der Waals surface area (Å²) in [6, 6.07) is 8.75. The summed E-state index contributed by atoms with van der Waals surface area (Å²) < 4.78 is 2.10. The predicted molar refractivity (Wildman–Crippen MR) is 88.7 cm³/mol. The summed E-state index contributed by atoms with van der Waals surface area (Å²) in [7, 11) is 0. The van der Waals surface area contributed by atoms with Crippen LogP contribution in [0.5, 0.6) is 0 Å². The van der Waals surface area contributed by atoms with Crippen molar-refractivity contribution in [2.75, 3.05) is 12.3 Å². The van der Waals surface area contributed by atoms with Crippen molar-refractivity contribution in [1.29, 1.82) is 0 Å². The maximum atomic E-state index is 4.52. The zero-order chi connectivity index (χ0) is 14.7. The smallest absolute Gasteiger partial charge is 0.0534 e. The zero-order valence-electron chi connectivity index (χ0n) is 12.7. The molecule has 1 N–H and O–H groups in total. The van der Waals surface area contributed by atoms with E-state index in [1.165, 1.54) is 21.8 Å². The lowest BCUT2D eigenvalue weighted by atomic mass is 10.0. The Kier molecular flexibility index (Phi) is 4.66. The summed E-state index contributed by atoms with van der Waals surface area (Å²) in [4.78, 5) is 1.44. The van der Waals surface area contributed by atoms with Gasteiger partial charge in [0.2, 0.25) is 0 Å². The molecule has 1 atom stereocenters. The Labute approximate surface area is 131 Å². The normalized spacial score (nSPS) is 17.4. The van der Waals surface area contributed by atoms with Crippen LogP contribution in [-0.4, -0.2) is 22.1 Å². The molecule has 0 saturated carbocycles. The molecular weight excluding hydrogens is 278 g/mol. The lowest BCUT2D eigenvalue weighted by molar-refractivity contribution is 0.543. The highest BCUT2D eigenvalue weighted by Gasteiger charge is 2.23. The summed E-state index contributed by atoms with van der Waals surface area (Å²) in [6.07, 6.45) is 4.17. The van der Waals surface area contributed by atoms with Crippen molar-refractivity contribution in [3.8, 4) is 0 Å². The topological polar surface area (TPSA) is 29.9 Å². The van der Waals surface area contributed by atoms with Gasteiger partial charge in [-0.1, -0.05) is 32.0 Å². The highest BCUT2D eigenvalue weighted by Crippen LogP contribution is 2.39. The van der Waals surface area contributed by atoms with Crippen molar-refractivity contribution in [1.82, 2.24) is 15.1 Å². The highest BCUT2D eigenvalue weighted by molar-refractivity contribution is 7.99. The molecule has 1 unspecified atom stereocenters. The molecule has 1 aromatic carbocycles. The number of nitrogens with zero attached hydrogens (tertiary/aromatic N) is 2. The molecule has 21 heavy (non-hydrogen) atoms. The first-order valence-electron chi connectivity index (χ1n) is 7.66. The molecule has 0 spiro atoms. The first-order chi connectivity index (χ1) is 10.2. The van der Waals surface area contributed by atoms with Gasteiger partial charge in [-0.2, -0.15) is 5.10 Å². The molecule has 1 aliphatic heterocycles. The Hall–Kier alpha value is -1.26. The van der Waals surface area contributed by atoms with Crippen molar-refractivity contribution < 1.29 is 0 Å². The molecule has 0 saturated heterocycles. The van der Waals surface area contributed by atoms with Crippen molar-refractivity contribution in [2.24, 2.45) is 5.92 Å². The second-order valence-electron chi connectivity index (χ2n) is 6.14. The van der Waals surface area contributed by atoms with Gasteiger partial charge in [0.15, 0.2) is 0 Å². The summed E-state index contributed by atoms with van der Waals surface area (Å²) in [5, 5.41) is 7.98. The van der Waals surface area contributed by atoms with Crippen LogP contribution in [0.25, 0.3) is 0 Å². The van der Waals surface area contributed by atoms with Gasteiger partial charge in [-0.3, -0.25) is 4.68 Å². The lowest BCUT2D eigenvalue weighted by Gasteiger charge is -2.10. The molecule has 0 radical (unpaired) electrons. The van der Waals surface area contributed by atoms with Gasteiger partial charge in [-0.15, -0.1) is 11.8 Å². The standard InChI is InChI=1S/C17H23N3S/c1-13(2)7-18-8-14-9-19-20(10-14)11-15-12-21-17-6-4-3-5-16(15)17/h3-6,9-10,13,15,18H,7-8,11-12H2,1-2H3. The van der Waals surface area contributed by atoms with Crippen LogP contribution in [0.4, 0.5) is 0 Å². The maximum absolute atomic E-state index is 4.52. The Morgan fingerprint density at radius 3 is 3.10 bits per heavy atom. The number of fused-ring (bicyclic) bond motifs is 1. The number of hydrogen-bond donors (Lipinski definition) is 1. The van der Waals surface area contributed by atoms with Crippen molar-refractivity contribution >= 4 is 11.8 Å². The molecule has 0 bridgehead atoms. The van der Waals surface area contributed by atoms with E-state index < -0.39 is 0 Å². The molecule has 1 aliphatic rings. The summed E-state index contributed by atoms with van der Waals surface area (Å²) >= 11 is 1.97. The number of rotatable bonds is 6. The molecule has 4 heteroatoms. The quantitative estimate of drug-likeness (QED) is 0.885. The van der Waals surface area contributed by atoms with E-state index >= 15 is 0 Å². The average Bonchev–Trinajstić information content (AvgIpc) is 3.07. The van der Waals surface area contributed by atoms with E-state index in [2.05, 4.69) is 59.4 Å². The molecule has 112 valence electrons.